The molecule has 1 saturated heterocycles. The molecule has 1 aliphatic rings. The molecule has 0 radical (unpaired) electrons. The number of furan rings is 1. The number of para-hydroxylation sites is 1. The van der Waals surface area contributed by atoms with Crippen molar-refractivity contribution in [1.29, 1.82) is 0 Å². The highest BCUT2D eigenvalue weighted by molar-refractivity contribution is 6.32. The highest BCUT2D eigenvalue weighted by Crippen LogP contribution is 2.23. The summed E-state index contributed by atoms with van der Waals surface area (Å²) in [5, 5.41) is 0.517. The Morgan fingerprint density at radius 3 is 2.61 bits per heavy atom. The maximum Gasteiger partial charge on any atom is 0.260 e. The normalized spacial score (nSPS) is 15.6. The standard InChI is InChI=1S/C17H19ClN2O3/c18-15-5-1-2-6-16(15)23-13-17(21)20-9-7-19(8-10-20)12-14-4-3-11-22-14/h1-6,11H,7-10,12-13H2. The lowest BCUT2D eigenvalue weighted by molar-refractivity contribution is -0.135. The molecule has 1 aromatic carbocycles. The molecule has 6 heteroatoms. The minimum Gasteiger partial charge on any atom is -0.482 e. The Kier molecular flexibility index (Phi) is 5.20. The molecule has 2 aromatic rings. The second kappa shape index (κ2) is 7.53. The Hall–Kier alpha value is -1.98. The van der Waals surface area contributed by atoms with Crippen molar-refractivity contribution in [2.75, 3.05) is 32.8 Å². The van der Waals surface area contributed by atoms with Crippen LogP contribution in [0.2, 0.25) is 5.02 Å². The zero-order valence-corrected chi connectivity index (χ0v) is 13.5. The van der Waals surface area contributed by atoms with Gasteiger partial charge in [0, 0.05) is 26.2 Å². The van der Waals surface area contributed by atoms with E-state index in [1.54, 1.807) is 18.4 Å². The second-order valence-electron chi connectivity index (χ2n) is 5.46. The van der Waals surface area contributed by atoms with Crippen molar-refractivity contribution in [3.05, 3.63) is 53.4 Å². The minimum atomic E-state index is -0.0115. The summed E-state index contributed by atoms with van der Waals surface area (Å²) in [6.45, 7) is 3.86. The molecule has 0 aliphatic carbocycles. The molecule has 1 amide bonds. The van der Waals surface area contributed by atoms with Crippen molar-refractivity contribution in [2.45, 2.75) is 6.54 Å². The van der Waals surface area contributed by atoms with Crippen molar-refractivity contribution in [1.82, 2.24) is 9.80 Å². The third-order valence-electron chi connectivity index (χ3n) is 3.87. The molecule has 0 N–H and O–H groups in total. The molecule has 122 valence electrons. The van der Waals surface area contributed by atoms with Crippen LogP contribution in [0.15, 0.2) is 47.1 Å². The zero-order chi connectivity index (χ0) is 16.1. The van der Waals surface area contributed by atoms with Crippen LogP contribution in [-0.4, -0.2) is 48.5 Å². The second-order valence-corrected chi connectivity index (χ2v) is 5.86. The third-order valence-corrected chi connectivity index (χ3v) is 4.18. The van der Waals surface area contributed by atoms with Gasteiger partial charge in [-0.3, -0.25) is 9.69 Å². The molecule has 2 heterocycles. The molecule has 1 fully saturated rings. The molecule has 1 aliphatic heterocycles. The lowest BCUT2D eigenvalue weighted by Gasteiger charge is -2.34. The average Bonchev–Trinajstić information content (AvgIpc) is 3.07. The van der Waals surface area contributed by atoms with Crippen LogP contribution in [0, 0.1) is 0 Å². The summed E-state index contributed by atoms with van der Waals surface area (Å²) in [7, 11) is 0. The molecule has 0 unspecified atom stereocenters. The van der Waals surface area contributed by atoms with Crippen molar-refractivity contribution < 1.29 is 13.9 Å². The highest BCUT2D eigenvalue weighted by atomic mass is 35.5. The van der Waals surface area contributed by atoms with Crippen molar-refractivity contribution >= 4 is 17.5 Å². The minimum absolute atomic E-state index is 0.0115. The number of ether oxygens (including phenoxy) is 1. The van der Waals surface area contributed by atoms with E-state index in [9.17, 15) is 4.79 Å². The summed E-state index contributed by atoms with van der Waals surface area (Å²) in [5.74, 6) is 1.48. The number of piperazine rings is 1. The van der Waals surface area contributed by atoms with Gasteiger partial charge in [0.15, 0.2) is 6.61 Å². The third kappa shape index (κ3) is 4.27. The summed E-state index contributed by atoms with van der Waals surface area (Å²) >= 11 is 6.01. The largest absolute Gasteiger partial charge is 0.482 e. The smallest absolute Gasteiger partial charge is 0.260 e. The van der Waals surface area contributed by atoms with Crippen LogP contribution < -0.4 is 4.74 Å². The number of benzene rings is 1. The van der Waals surface area contributed by atoms with E-state index in [-0.39, 0.29) is 12.5 Å². The predicted molar refractivity (Wildman–Crippen MR) is 87.5 cm³/mol. The molecule has 0 bridgehead atoms. The first-order chi connectivity index (χ1) is 11.2. The first kappa shape index (κ1) is 15.9. The summed E-state index contributed by atoms with van der Waals surface area (Å²) in [6.07, 6.45) is 1.68. The Morgan fingerprint density at radius 1 is 1.13 bits per heavy atom. The summed E-state index contributed by atoms with van der Waals surface area (Å²) in [5.41, 5.74) is 0. The molecule has 1 aromatic heterocycles. The number of hydrogen-bond donors (Lipinski definition) is 0. The van der Waals surface area contributed by atoms with Gasteiger partial charge in [-0.25, -0.2) is 0 Å². The lowest BCUT2D eigenvalue weighted by atomic mass is 10.3. The van der Waals surface area contributed by atoms with Crippen LogP contribution >= 0.6 is 11.6 Å². The Balaban J connectivity index is 1.44. The van der Waals surface area contributed by atoms with Gasteiger partial charge in [0.25, 0.3) is 5.91 Å². The molecular formula is C17H19ClN2O3. The van der Waals surface area contributed by atoms with E-state index in [2.05, 4.69) is 4.90 Å². The maximum absolute atomic E-state index is 12.2. The zero-order valence-electron chi connectivity index (χ0n) is 12.8. The van der Waals surface area contributed by atoms with E-state index >= 15 is 0 Å². The number of amides is 1. The monoisotopic (exact) mass is 334 g/mol. The van der Waals surface area contributed by atoms with Crippen LogP contribution in [0.4, 0.5) is 0 Å². The number of halogens is 1. The Bertz CT molecular complexity index is 637. The number of carbonyl (C=O) groups excluding carboxylic acids is 1. The van der Waals surface area contributed by atoms with E-state index in [0.717, 1.165) is 25.4 Å². The molecule has 0 atom stereocenters. The topological polar surface area (TPSA) is 45.9 Å². The van der Waals surface area contributed by atoms with Gasteiger partial charge in [-0.15, -0.1) is 0 Å². The number of rotatable bonds is 5. The number of nitrogens with zero attached hydrogens (tertiary/aromatic N) is 2. The van der Waals surface area contributed by atoms with E-state index < -0.39 is 0 Å². The highest BCUT2D eigenvalue weighted by Gasteiger charge is 2.22. The van der Waals surface area contributed by atoms with Gasteiger partial charge in [0.2, 0.25) is 0 Å². The molecule has 5 nitrogen and oxygen atoms in total. The fourth-order valence-corrected chi connectivity index (χ4v) is 2.76. The van der Waals surface area contributed by atoms with E-state index in [4.69, 9.17) is 20.8 Å². The first-order valence-electron chi connectivity index (χ1n) is 7.62. The van der Waals surface area contributed by atoms with Gasteiger partial charge in [-0.2, -0.15) is 0 Å². The number of hydrogen-bond acceptors (Lipinski definition) is 4. The molecule has 23 heavy (non-hydrogen) atoms. The van der Waals surface area contributed by atoms with Gasteiger partial charge in [-0.05, 0) is 24.3 Å². The average molecular weight is 335 g/mol. The van der Waals surface area contributed by atoms with Crippen LogP contribution in [0.1, 0.15) is 5.76 Å². The fourth-order valence-electron chi connectivity index (χ4n) is 2.57. The van der Waals surface area contributed by atoms with E-state index in [1.165, 1.54) is 0 Å². The molecule has 3 rings (SSSR count). The van der Waals surface area contributed by atoms with Gasteiger partial charge in [-0.1, -0.05) is 23.7 Å². The molecular weight excluding hydrogens is 316 g/mol. The number of carbonyl (C=O) groups is 1. The quantitative estimate of drug-likeness (QED) is 0.843. The molecule has 0 saturated carbocycles. The summed E-state index contributed by atoms with van der Waals surface area (Å²) in [6, 6.07) is 11.0. The van der Waals surface area contributed by atoms with Crippen molar-refractivity contribution in [3.63, 3.8) is 0 Å². The molecule has 0 spiro atoms. The maximum atomic E-state index is 12.2. The summed E-state index contributed by atoms with van der Waals surface area (Å²) < 4.78 is 10.9. The van der Waals surface area contributed by atoms with Crippen LogP contribution in [0.3, 0.4) is 0 Å². The Labute approximate surface area is 140 Å². The van der Waals surface area contributed by atoms with E-state index in [1.807, 2.05) is 29.2 Å². The Morgan fingerprint density at radius 2 is 1.91 bits per heavy atom. The van der Waals surface area contributed by atoms with Crippen molar-refractivity contribution in [2.24, 2.45) is 0 Å². The summed E-state index contributed by atoms with van der Waals surface area (Å²) in [4.78, 5) is 16.3. The SMILES string of the molecule is O=C(COc1ccccc1Cl)N1CCN(Cc2ccco2)CC1. The van der Waals surface area contributed by atoms with E-state index in [0.29, 0.717) is 23.9 Å². The van der Waals surface area contributed by atoms with Gasteiger partial charge < -0.3 is 14.1 Å². The predicted octanol–water partition coefficient (Wildman–Crippen LogP) is 2.66. The van der Waals surface area contributed by atoms with Crippen LogP contribution in [-0.2, 0) is 11.3 Å². The van der Waals surface area contributed by atoms with Crippen LogP contribution in [0.5, 0.6) is 5.75 Å². The van der Waals surface area contributed by atoms with Gasteiger partial charge in [0.05, 0.1) is 17.8 Å². The fraction of sp³-hybridized carbons (Fsp3) is 0.353. The van der Waals surface area contributed by atoms with Crippen molar-refractivity contribution in [3.8, 4) is 5.75 Å². The van der Waals surface area contributed by atoms with Gasteiger partial charge >= 0.3 is 0 Å². The first-order valence-corrected chi connectivity index (χ1v) is 8.00. The lowest BCUT2D eigenvalue weighted by Crippen LogP contribution is -2.49. The van der Waals surface area contributed by atoms with Crippen LogP contribution in [0.25, 0.3) is 0 Å². The van der Waals surface area contributed by atoms with Gasteiger partial charge in [0.1, 0.15) is 11.5 Å².